The Kier molecular flexibility index (Phi) is 3.86. The Balaban J connectivity index is 2.18. The number of aliphatic carboxylic acids is 1. The first-order chi connectivity index (χ1) is 5.68. The lowest BCUT2D eigenvalue weighted by Gasteiger charge is -2.24. The van der Waals surface area contributed by atoms with Gasteiger partial charge in [-0.3, -0.25) is 4.79 Å². The van der Waals surface area contributed by atoms with Gasteiger partial charge in [-0.05, 0) is 25.2 Å². The molecule has 2 unspecified atom stereocenters. The minimum Gasteiger partial charge on any atom is -0.481 e. The summed E-state index contributed by atoms with van der Waals surface area (Å²) in [5.74, 6) is -0.135. The van der Waals surface area contributed by atoms with E-state index in [1.165, 1.54) is 6.42 Å². The Morgan fingerprint density at radius 2 is 2.25 bits per heavy atom. The maximum atomic E-state index is 10.3. The second kappa shape index (κ2) is 4.70. The third-order valence-corrected chi connectivity index (χ3v) is 2.88. The van der Waals surface area contributed by atoms with E-state index in [4.69, 9.17) is 16.7 Å². The third-order valence-electron chi connectivity index (χ3n) is 2.49. The number of halogens is 1. The number of alkyl halides is 1. The molecule has 12 heavy (non-hydrogen) atoms. The maximum absolute atomic E-state index is 10.3. The molecule has 0 aromatic rings. The molecule has 1 N–H and O–H groups in total. The summed E-state index contributed by atoms with van der Waals surface area (Å²) in [4.78, 5) is 10.3. The van der Waals surface area contributed by atoms with E-state index in [-0.39, 0.29) is 5.38 Å². The van der Waals surface area contributed by atoms with Crippen LogP contribution in [0.4, 0.5) is 0 Å². The molecular formula is C9H15ClO2. The van der Waals surface area contributed by atoms with Crippen molar-refractivity contribution in [1.29, 1.82) is 0 Å². The minimum atomic E-state index is -0.688. The van der Waals surface area contributed by atoms with Crippen molar-refractivity contribution in [2.45, 2.75) is 43.9 Å². The molecule has 70 valence electrons. The Bertz CT molecular complexity index is 159. The summed E-state index contributed by atoms with van der Waals surface area (Å²) in [5, 5.41) is 8.77. The Morgan fingerprint density at radius 1 is 1.50 bits per heavy atom. The number of rotatable bonds is 3. The highest BCUT2D eigenvalue weighted by molar-refractivity contribution is 6.20. The van der Waals surface area contributed by atoms with E-state index >= 15 is 0 Å². The lowest BCUT2D eigenvalue weighted by Crippen LogP contribution is -2.16. The molecule has 0 amide bonds. The average molecular weight is 191 g/mol. The molecule has 1 fully saturated rings. The number of carboxylic acid groups (broad SMARTS) is 1. The Hall–Kier alpha value is -0.240. The molecule has 0 bridgehead atoms. The van der Waals surface area contributed by atoms with Gasteiger partial charge in [0, 0.05) is 11.8 Å². The molecule has 0 heterocycles. The van der Waals surface area contributed by atoms with E-state index in [0.717, 1.165) is 25.7 Å². The van der Waals surface area contributed by atoms with E-state index < -0.39 is 5.97 Å². The van der Waals surface area contributed by atoms with Gasteiger partial charge in [-0.1, -0.05) is 12.8 Å². The van der Waals surface area contributed by atoms with Crippen molar-refractivity contribution < 1.29 is 9.90 Å². The number of carboxylic acids is 1. The summed E-state index contributed by atoms with van der Waals surface area (Å²) in [5.41, 5.74) is 0. The van der Waals surface area contributed by atoms with E-state index in [2.05, 4.69) is 0 Å². The lowest BCUT2D eigenvalue weighted by molar-refractivity contribution is -0.137. The van der Waals surface area contributed by atoms with Crippen LogP contribution in [-0.2, 0) is 4.79 Å². The fourth-order valence-corrected chi connectivity index (χ4v) is 2.22. The standard InChI is InChI=1S/C9H15ClO2/c10-8-3-1-2-7(6-8)4-5-9(11)12/h7-8H,1-6H2,(H,11,12). The molecular weight excluding hydrogens is 176 g/mol. The van der Waals surface area contributed by atoms with Crippen LogP contribution in [0.3, 0.4) is 0 Å². The van der Waals surface area contributed by atoms with Gasteiger partial charge < -0.3 is 5.11 Å². The molecule has 1 rings (SSSR count). The quantitative estimate of drug-likeness (QED) is 0.695. The van der Waals surface area contributed by atoms with Crippen molar-refractivity contribution in [2.24, 2.45) is 5.92 Å². The SMILES string of the molecule is O=C(O)CCC1CCCC(Cl)C1. The molecule has 0 saturated heterocycles. The summed E-state index contributed by atoms with van der Waals surface area (Å²) >= 11 is 5.98. The smallest absolute Gasteiger partial charge is 0.303 e. The molecule has 1 aliphatic carbocycles. The van der Waals surface area contributed by atoms with Crippen LogP contribution in [-0.4, -0.2) is 16.5 Å². The van der Waals surface area contributed by atoms with Crippen molar-refractivity contribution in [3.63, 3.8) is 0 Å². The number of hydrogen-bond donors (Lipinski definition) is 1. The predicted octanol–water partition coefficient (Wildman–Crippen LogP) is 2.65. The van der Waals surface area contributed by atoms with Crippen LogP contribution >= 0.6 is 11.6 Å². The van der Waals surface area contributed by atoms with Gasteiger partial charge in [0.15, 0.2) is 0 Å². The molecule has 0 spiro atoms. The zero-order chi connectivity index (χ0) is 8.97. The van der Waals surface area contributed by atoms with Crippen molar-refractivity contribution in [1.82, 2.24) is 0 Å². The van der Waals surface area contributed by atoms with Crippen LogP contribution < -0.4 is 0 Å². The highest BCUT2D eigenvalue weighted by Gasteiger charge is 2.20. The first-order valence-corrected chi connectivity index (χ1v) is 4.98. The van der Waals surface area contributed by atoms with Gasteiger partial charge in [0.2, 0.25) is 0 Å². The molecule has 1 saturated carbocycles. The fourth-order valence-electron chi connectivity index (χ4n) is 1.82. The summed E-state index contributed by atoms with van der Waals surface area (Å²) in [7, 11) is 0. The van der Waals surface area contributed by atoms with Gasteiger partial charge in [0.25, 0.3) is 0 Å². The van der Waals surface area contributed by atoms with E-state index in [0.29, 0.717) is 12.3 Å². The molecule has 0 aliphatic heterocycles. The zero-order valence-electron chi connectivity index (χ0n) is 7.13. The van der Waals surface area contributed by atoms with E-state index in [9.17, 15) is 4.79 Å². The molecule has 0 radical (unpaired) electrons. The van der Waals surface area contributed by atoms with Crippen LogP contribution in [0, 0.1) is 5.92 Å². The van der Waals surface area contributed by atoms with Crippen molar-refractivity contribution in [3.05, 3.63) is 0 Å². The summed E-state index contributed by atoms with van der Waals surface area (Å²) in [6.45, 7) is 0. The van der Waals surface area contributed by atoms with Gasteiger partial charge in [0.1, 0.15) is 0 Å². The van der Waals surface area contributed by atoms with Crippen molar-refractivity contribution in [2.75, 3.05) is 0 Å². The van der Waals surface area contributed by atoms with Crippen LogP contribution in [0.5, 0.6) is 0 Å². The maximum Gasteiger partial charge on any atom is 0.303 e. The topological polar surface area (TPSA) is 37.3 Å². The zero-order valence-corrected chi connectivity index (χ0v) is 7.89. The third kappa shape index (κ3) is 3.44. The largest absolute Gasteiger partial charge is 0.481 e. The molecule has 3 heteroatoms. The second-order valence-electron chi connectivity index (χ2n) is 3.56. The summed E-state index contributed by atoms with van der Waals surface area (Å²) in [6, 6.07) is 0. The molecule has 2 atom stereocenters. The molecule has 2 nitrogen and oxygen atoms in total. The van der Waals surface area contributed by atoms with E-state index in [1.807, 2.05) is 0 Å². The van der Waals surface area contributed by atoms with Crippen LogP contribution in [0.1, 0.15) is 38.5 Å². The van der Waals surface area contributed by atoms with Crippen molar-refractivity contribution >= 4 is 17.6 Å². The molecule has 0 aromatic carbocycles. The van der Waals surface area contributed by atoms with E-state index in [1.54, 1.807) is 0 Å². The Labute approximate surface area is 77.9 Å². The monoisotopic (exact) mass is 190 g/mol. The average Bonchev–Trinajstić information content (AvgIpc) is 2.01. The first-order valence-electron chi connectivity index (χ1n) is 4.54. The second-order valence-corrected chi connectivity index (χ2v) is 4.18. The number of carbonyl (C=O) groups is 1. The minimum absolute atomic E-state index is 0.289. The summed E-state index contributed by atoms with van der Waals surface area (Å²) < 4.78 is 0. The Morgan fingerprint density at radius 3 is 2.83 bits per heavy atom. The van der Waals surface area contributed by atoms with Gasteiger partial charge in [0.05, 0.1) is 0 Å². The highest BCUT2D eigenvalue weighted by Crippen LogP contribution is 2.30. The normalized spacial score (nSPS) is 30.1. The van der Waals surface area contributed by atoms with Gasteiger partial charge in [-0.2, -0.15) is 0 Å². The molecule has 0 aromatic heterocycles. The fraction of sp³-hybridized carbons (Fsp3) is 0.889. The summed E-state index contributed by atoms with van der Waals surface area (Å²) in [6.07, 6.45) is 5.54. The van der Waals surface area contributed by atoms with Gasteiger partial charge >= 0.3 is 5.97 Å². The van der Waals surface area contributed by atoms with Gasteiger partial charge in [-0.15, -0.1) is 11.6 Å². The van der Waals surface area contributed by atoms with Crippen molar-refractivity contribution in [3.8, 4) is 0 Å². The predicted molar refractivity (Wildman–Crippen MR) is 48.5 cm³/mol. The van der Waals surface area contributed by atoms with Gasteiger partial charge in [-0.25, -0.2) is 0 Å². The van der Waals surface area contributed by atoms with Crippen LogP contribution in [0.15, 0.2) is 0 Å². The van der Waals surface area contributed by atoms with Crippen LogP contribution in [0.25, 0.3) is 0 Å². The molecule has 1 aliphatic rings. The first kappa shape index (κ1) is 9.85. The highest BCUT2D eigenvalue weighted by atomic mass is 35.5. The lowest BCUT2D eigenvalue weighted by atomic mass is 9.86. The van der Waals surface area contributed by atoms with Crippen LogP contribution in [0.2, 0.25) is 0 Å². The number of hydrogen-bond acceptors (Lipinski definition) is 1.